The normalized spacial score (nSPS) is 10.3. The molecule has 8 heteroatoms. The SMILES string of the molecule is O=C(NNC(=O)c1ccccc1OC(F)F)c1cccc(Cl)c1. The number of ether oxygens (including phenoxy) is 1. The molecule has 0 heterocycles. The number of nitrogens with one attached hydrogen (secondary N) is 2. The van der Waals surface area contributed by atoms with Gasteiger partial charge in [0, 0.05) is 10.6 Å². The molecule has 2 amide bonds. The quantitative estimate of drug-likeness (QED) is 0.841. The van der Waals surface area contributed by atoms with Crippen molar-refractivity contribution in [1.82, 2.24) is 10.9 Å². The summed E-state index contributed by atoms with van der Waals surface area (Å²) in [6.07, 6.45) is 0. The van der Waals surface area contributed by atoms with Crippen molar-refractivity contribution in [2.45, 2.75) is 6.61 Å². The summed E-state index contributed by atoms with van der Waals surface area (Å²) >= 11 is 5.76. The van der Waals surface area contributed by atoms with Crippen molar-refractivity contribution >= 4 is 23.4 Å². The first-order valence-electron chi connectivity index (χ1n) is 6.37. The summed E-state index contributed by atoms with van der Waals surface area (Å²) in [6.45, 7) is -3.06. The highest BCUT2D eigenvalue weighted by Crippen LogP contribution is 2.19. The van der Waals surface area contributed by atoms with Gasteiger partial charge >= 0.3 is 6.61 Å². The van der Waals surface area contributed by atoms with Crippen LogP contribution in [0.3, 0.4) is 0 Å². The molecule has 0 saturated carbocycles. The molecule has 2 aromatic carbocycles. The first kappa shape index (κ1) is 16.7. The van der Waals surface area contributed by atoms with Crippen molar-refractivity contribution in [2.24, 2.45) is 0 Å². The van der Waals surface area contributed by atoms with Crippen molar-refractivity contribution in [3.63, 3.8) is 0 Å². The topological polar surface area (TPSA) is 67.4 Å². The fourth-order valence-electron chi connectivity index (χ4n) is 1.74. The lowest BCUT2D eigenvalue weighted by Gasteiger charge is -2.11. The van der Waals surface area contributed by atoms with Crippen LogP contribution in [0.25, 0.3) is 0 Å². The van der Waals surface area contributed by atoms with E-state index in [0.29, 0.717) is 5.02 Å². The number of rotatable bonds is 4. The molecule has 0 fully saturated rings. The number of benzene rings is 2. The van der Waals surface area contributed by atoms with Gasteiger partial charge in [-0.15, -0.1) is 0 Å². The van der Waals surface area contributed by atoms with E-state index in [9.17, 15) is 18.4 Å². The Bertz CT molecular complexity index is 725. The monoisotopic (exact) mass is 340 g/mol. The van der Waals surface area contributed by atoms with Gasteiger partial charge in [-0.3, -0.25) is 20.4 Å². The number of hydrogen-bond acceptors (Lipinski definition) is 3. The molecule has 120 valence electrons. The Morgan fingerprint density at radius 2 is 1.70 bits per heavy atom. The van der Waals surface area contributed by atoms with E-state index in [1.165, 1.54) is 36.4 Å². The molecular weight excluding hydrogens is 330 g/mol. The molecule has 0 aromatic heterocycles. The van der Waals surface area contributed by atoms with Gasteiger partial charge in [-0.2, -0.15) is 8.78 Å². The molecule has 0 unspecified atom stereocenters. The fraction of sp³-hybridized carbons (Fsp3) is 0.0667. The standard InChI is InChI=1S/C15H11ClF2N2O3/c16-10-5-3-4-9(8-10)13(21)19-20-14(22)11-6-1-2-7-12(11)23-15(17)18/h1-8,15H,(H,19,21)(H,20,22). The lowest BCUT2D eigenvalue weighted by Crippen LogP contribution is -2.41. The number of amides is 2. The van der Waals surface area contributed by atoms with Crippen LogP contribution in [0.4, 0.5) is 8.78 Å². The van der Waals surface area contributed by atoms with Gasteiger partial charge in [0.05, 0.1) is 5.56 Å². The molecule has 0 aliphatic rings. The molecule has 0 spiro atoms. The van der Waals surface area contributed by atoms with Crippen LogP contribution in [-0.4, -0.2) is 18.4 Å². The summed E-state index contributed by atoms with van der Waals surface area (Å²) in [4.78, 5) is 23.8. The van der Waals surface area contributed by atoms with Gasteiger partial charge in [-0.1, -0.05) is 29.8 Å². The van der Waals surface area contributed by atoms with Crippen LogP contribution in [0.1, 0.15) is 20.7 Å². The molecule has 23 heavy (non-hydrogen) atoms. The van der Waals surface area contributed by atoms with Crippen LogP contribution >= 0.6 is 11.6 Å². The summed E-state index contributed by atoms with van der Waals surface area (Å²) in [6, 6.07) is 11.5. The largest absolute Gasteiger partial charge is 0.434 e. The van der Waals surface area contributed by atoms with Crippen LogP contribution < -0.4 is 15.6 Å². The third-order valence-electron chi connectivity index (χ3n) is 2.72. The lowest BCUT2D eigenvalue weighted by molar-refractivity contribution is -0.0501. The number of hydrazine groups is 1. The first-order chi connectivity index (χ1) is 11.0. The Kier molecular flexibility index (Phi) is 5.48. The molecule has 5 nitrogen and oxygen atoms in total. The molecule has 2 aromatic rings. The maximum absolute atomic E-state index is 12.3. The Morgan fingerprint density at radius 3 is 2.39 bits per heavy atom. The van der Waals surface area contributed by atoms with Crippen LogP contribution in [0, 0.1) is 0 Å². The molecule has 0 aliphatic heterocycles. The Balaban J connectivity index is 2.04. The minimum absolute atomic E-state index is 0.140. The van der Waals surface area contributed by atoms with Crippen LogP contribution in [0.2, 0.25) is 5.02 Å². The van der Waals surface area contributed by atoms with Gasteiger partial charge in [-0.25, -0.2) is 0 Å². The van der Waals surface area contributed by atoms with E-state index < -0.39 is 18.4 Å². The van der Waals surface area contributed by atoms with Gasteiger partial charge in [0.2, 0.25) is 0 Å². The van der Waals surface area contributed by atoms with E-state index >= 15 is 0 Å². The van der Waals surface area contributed by atoms with E-state index in [4.69, 9.17) is 11.6 Å². The predicted molar refractivity (Wildman–Crippen MR) is 79.5 cm³/mol. The van der Waals surface area contributed by atoms with Gasteiger partial charge in [0.25, 0.3) is 11.8 Å². The van der Waals surface area contributed by atoms with Crippen molar-refractivity contribution in [3.8, 4) is 5.75 Å². The smallest absolute Gasteiger partial charge is 0.387 e. The lowest BCUT2D eigenvalue weighted by atomic mass is 10.2. The zero-order valence-electron chi connectivity index (χ0n) is 11.6. The highest BCUT2D eigenvalue weighted by atomic mass is 35.5. The van der Waals surface area contributed by atoms with Gasteiger partial charge in [0.1, 0.15) is 5.75 Å². The summed E-state index contributed by atoms with van der Waals surface area (Å²) in [5.74, 6) is -1.69. The highest BCUT2D eigenvalue weighted by Gasteiger charge is 2.16. The average molecular weight is 341 g/mol. The van der Waals surface area contributed by atoms with Crippen LogP contribution in [-0.2, 0) is 0 Å². The summed E-state index contributed by atoms with van der Waals surface area (Å²) in [5, 5.41) is 0.361. The van der Waals surface area contributed by atoms with Crippen molar-refractivity contribution in [1.29, 1.82) is 0 Å². The maximum Gasteiger partial charge on any atom is 0.387 e. The molecule has 0 bridgehead atoms. The summed E-state index contributed by atoms with van der Waals surface area (Å²) in [7, 11) is 0. The highest BCUT2D eigenvalue weighted by molar-refractivity contribution is 6.30. The number of hydrogen-bond donors (Lipinski definition) is 2. The van der Waals surface area contributed by atoms with E-state index in [0.717, 1.165) is 0 Å². The zero-order valence-corrected chi connectivity index (χ0v) is 12.3. The van der Waals surface area contributed by atoms with Crippen molar-refractivity contribution in [3.05, 3.63) is 64.7 Å². The minimum Gasteiger partial charge on any atom is -0.434 e. The van der Waals surface area contributed by atoms with E-state index in [1.54, 1.807) is 12.1 Å². The van der Waals surface area contributed by atoms with Crippen LogP contribution in [0.15, 0.2) is 48.5 Å². The van der Waals surface area contributed by atoms with Gasteiger partial charge < -0.3 is 4.74 Å². The fourth-order valence-corrected chi connectivity index (χ4v) is 1.93. The summed E-state index contributed by atoms with van der Waals surface area (Å²) in [5.41, 5.74) is 4.38. The van der Waals surface area contributed by atoms with Crippen LogP contribution in [0.5, 0.6) is 5.75 Å². The maximum atomic E-state index is 12.3. The second kappa shape index (κ2) is 7.55. The minimum atomic E-state index is -3.06. The zero-order chi connectivity index (χ0) is 16.8. The second-order valence-corrected chi connectivity index (χ2v) is 4.73. The average Bonchev–Trinajstić information content (AvgIpc) is 2.52. The molecule has 0 radical (unpaired) electrons. The van der Waals surface area contributed by atoms with E-state index in [1.807, 2.05) is 0 Å². The number of carbonyl (C=O) groups excluding carboxylic acids is 2. The van der Waals surface area contributed by atoms with Crippen molar-refractivity contribution in [2.75, 3.05) is 0 Å². The molecule has 0 aliphatic carbocycles. The van der Waals surface area contributed by atoms with E-state index in [2.05, 4.69) is 15.6 Å². The van der Waals surface area contributed by atoms with Gasteiger partial charge in [0.15, 0.2) is 0 Å². The third-order valence-corrected chi connectivity index (χ3v) is 2.96. The molecular formula is C15H11ClF2N2O3. The Labute approximate surface area is 135 Å². The Hall–Kier alpha value is -2.67. The summed E-state index contributed by atoms with van der Waals surface area (Å²) < 4.78 is 28.9. The first-order valence-corrected chi connectivity index (χ1v) is 6.75. The number of halogens is 3. The predicted octanol–water partition coefficient (Wildman–Crippen LogP) is 3.02. The molecule has 2 N–H and O–H groups in total. The number of para-hydroxylation sites is 1. The molecule has 2 rings (SSSR count). The van der Waals surface area contributed by atoms with Crippen molar-refractivity contribution < 1.29 is 23.1 Å². The van der Waals surface area contributed by atoms with Gasteiger partial charge in [-0.05, 0) is 30.3 Å². The Morgan fingerprint density at radius 1 is 1.00 bits per heavy atom. The second-order valence-electron chi connectivity index (χ2n) is 4.29. The van der Waals surface area contributed by atoms with E-state index in [-0.39, 0.29) is 16.9 Å². The number of carbonyl (C=O) groups is 2. The third kappa shape index (κ3) is 4.65. The molecule has 0 atom stereocenters. The molecule has 0 saturated heterocycles. The number of alkyl halides is 2.